The Labute approximate surface area is 125 Å². The monoisotopic (exact) mass is 309 g/mol. The molecule has 104 valence electrons. The lowest BCUT2D eigenvalue weighted by Gasteiger charge is -2.09. The Morgan fingerprint density at radius 1 is 1.40 bits per heavy atom. The summed E-state index contributed by atoms with van der Waals surface area (Å²) < 4.78 is 15.8. The largest absolute Gasteiger partial charge is 0.377 e. The van der Waals surface area contributed by atoms with Crippen molar-refractivity contribution >= 4 is 33.6 Å². The summed E-state index contributed by atoms with van der Waals surface area (Å²) in [5.74, 6) is -0.310. The number of hydrogen-bond acceptors (Lipinski definition) is 3. The highest BCUT2D eigenvalue weighted by Crippen LogP contribution is 2.23. The molecule has 3 aromatic rings. The fourth-order valence-corrected chi connectivity index (χ4v) is 3.29. The molecule has 0 amide bonds. The first-order valence-corrected chi connectivity index (χ1v) is 7.43. The van der Waals surface area contributed by atoms with Gasteiger partial charge in [-0.15, -0.1) is 11.3 Å². The first kappa shape index (κ1) is 13.4. The van der Waals surface area contributed by atoms with Crippen LogP contribution in [0.5, 0.6) is 0 Å². The number of anilines is 1. The van der Waals surface area contributed by atoms with Crippen LogP contribution >= 0.6 is 22.9 Å². The molecular formula is C14H13ClFN3S. The number of aryl methyl sites for hydroxylation is 2. The van der Waals surface area contributed by atoms with Crippen molar-refractivity contribution in [2.75, 3.05) is 5.32 Å². The molecule has 0 fully saturated rings. The van der Waals surface area contributed by atoms with Crippen LogP contribution in [0.25, 0.3) is 4.96 Å². The fourth-order valence-electron chi connectivity index (χ4n) is 2.19. The van der Waals surface area contributed by atoms with Gasteiger partial charge >= 0.3 is 0 Å². The van der Waals surface area contributed by atoms with Crippen LogP contribution in [0.2, 0.25) is 5.02 Å². The Hall–Kier alpha value is -1.59. The zero-order chi connectivity index (χ0) is 14.3. The molecule has 1 N–H and O–H groups in total. The Balaban J connectivity index is 1.92. The van der Waals surface area contributed by atoms with Crippen molar-refractivity contribution in [1.29, 1.82) is 0 Å². The Morgan fingerprint density at radius 3 is 3.00 bits per heavy atom. The quantitative estimate of drug-likeness (QED) is 0.776. The molecule has 0 aliphatic carbocycles. The summed E-state index contributed by atoms with van der Waals surface area (Å²) in [6.07, 6.45) is 0. The number of halogens is 2. The van der Waals surface area contributed by atoms with E-state index in [1.165, 1.54) is 12.1 Å². The summed E-state index contributed by atoms with van der Waals surface area (Å²) >= 11 is 7.49. The number of nitrogens with zero attached hydrogens (tertiary/aromatic N) is 2. The minimum atomic E-state index is -0.310. The number of aromatic nitrogens is 2. The lowest BCUT2D eigenvalue weighted by atomic mass is 10.2. The van der Waals surface area contributed by atoms with E-state index in [9.17, 15) is 4.39 Å². The van der Waals surface area contributed by atoms with Crippen LogP contribution in [0.15, 0.2) is 23.6 Å². The van der Waals surface area contributed by atoms with Crippen molar-refractivity contribution in [3.05, 3.63) is 51.5 Å². The van der Waals surface area contributed by atoms with E-state index >= 15 is 0 Å². The molecule has 0 saturated heterocycles. The van der Waals surface area contributed by atoms with E-state index in [4.69, 9.17) is 11.6 Å². The third-order valence-electron chi connectivity index (χ3n) is 3.20. The molecule has 3 nitrogen and oxygen atoms in total. The molecule has 1 aromatic carbocycles. The molecule has 20 heavy (non-hydrogen) atoms. The number of hydrogen-bond donors (Lipinski definition) is 1. The molecule has 0 radical (unpaired) electrons. The molecule has 0 atom stereocenters. The third kappa shape index (κ3) is 2.27. The van der Waals surface area contributed by atoms with Crippen LogP contribution < -0.4 is 5.32 Å². The predicted molar refractivity (Wildman–Crippen MR) is 81.3 cm³/mol. The van der Waals surface area contributed by atoms with Crippen molar-refractivity contribution in [3.8, 4) is 0 Å². The predicted octanol–water partition coefficient (Wildman–Crippen LogP) is 4.42. The van der Waals surface area contributed by atoms with E-state index in [1.54, 1.807) is 17.4 Å². The van der Waals surface area contributed by atoms with Crippen LogP contribution in [0.4, 0.5) is 10.1 Å². The van der Waals surface area contributed by atoms with Crippen LogP contribution in [0.1, 0.15) is 17.1 Å². The van der Waals surface area contributed by atoms with Crippen LogP contribution in [-0.4, -0.2) is 9.38 Å². The second kappa shape index (κ2) is 5.07. The maximum Gasteiger partial charge on any atom is 0.194 e. The van der Waals surface area contributed by atoms with Gasteiger partial charge in [0.15, 0.2) is 4.96 Å². The van der Waals surface area contributed by atoms with E-state index in [0.717, 1.165) is 22.0 Å². The van der Waals surface area contributed by atoms with E-state index in [0.29, 0.717) is 17.3 Å². The molecule has 0 spiro atoms. The summed E-state index contributed by atoms with van der Waals surface area (Å²) in [4.78, 5) is 5.47. The second-order valence-electron chi connectivity index (χ2n) is 4.62. The molecule has 0 unspecified atom stereocenters. The number of thiazole rings is 1. The highest BCUT2D eigenvalue weighted by molar-refractivity contribution is 7.15. The van der Waals surface area contributed by atoms with Gasteiger partial charge in [0.1, 0.15) is 5.82 Å². The SMILES string of the molecule is Cc1nc2scc(C)n2c1CNc1cc(Cl)ccc1F. The average Bonchev–Trinajstić information content (AvgIpc) is 2.91. The van der Waals surface area contributed by atoms with Crippen molar-refractivity contribution in [1.82, 2.24) is 9.38 Å². The minimum Gasteiger partial charge on any atom is -0.377 e. The third-order valence-corrected chi connectivity index (χ3v) is 4.38. The number of nitrogens with one attached hydrogen (secondary N) is 1. The molecule has 6 heteroatoms. The second-order valence-corrected chi connectivity index (χ2v) is 5.89. The molecule has 0 saturated carbocycles. The van der Waals surface area contributed by atoms with Crippen LogP contribution in [-0.2, 0) is 6.54 Å². The van der Waals surface area contributed by atoms with E-state index in [2.05, 4.69) is 20.1 Å². The lowest BCUT2D eigenvalue weighted by molar-refractivity contribution is 0.630. The van der Waals surface area contributed by atoms with Gasteiger partial charge in [-0.25, -0.2) is 9.37 Å². The van der Waals surface area contributed by atoms with Gasteiger partial charge in [-0.2, -0.15) is 0 Å². The fraction of sp³-hybridized carbons (Fsp3) is 0.214. The zero-order valence-corrected chi connectivity index (χ0v) is 12.6. The number of fused-ring (bicyclic) bond motifs is 1. The minimum absolute atomic E-state index is 0.310. The summed E-state index contributed by atoms with van der Waals surface area (Å²) in [6, 6.07) is 4.48. The van der Waals surface area contributed by atoms with Crippen LogP contribution in [0, 0.1) is 19.7 Å². The molecule has 2 aromatic heterocycles. The van der Waals surface area contributed by atoms with Gasteiger partial charge in [-0.1, -0.05) is 11.6 Å². The first-order chi connectivity index (χ1) is 9.56. The number of benzene rings is 1. The molecule has 0 bridgehead atoms. The topological polar surface area (TPSA) is 29.3 Å². The molecule has 0 aliphatic rings. The van der Waals surface area contributed by atoms with Gasteiger partial charge in [0.25, 0.3) is 0 Å². The van der Waals surface area contributed by atoms with Gasteiger partial charge in [0, 0.05) is 16.1 Å². The molecular weight excluding hydrogens is 297 g/mol. The van der Waals surface area contributed by atoms with Crippen LogP contribution in [0.3, 0.4) is 0 Å². The first-order valence-electron chi connectivity index (χ1n) is 6.17. The van der Waals surface area contributed by atoms with Crippen molar-refractivity contribution in [3.63, 3.8) is 0 Å². The maximum absolute atomic E-state index is 13.7. The normalized spacial score (nSPS) is 11.2. The van der Waals surface area contributed by atoms with Gasteiger partial charge in [0.2, 0.25) is 0 Å². The lowest BCUT2D eigenvalue weighted by Crippen LogP contribution is -2.06. The Bertz CT molecular complexity index is 778. The standard InChI is InChI=1S/C14H13ClFN3S/c1-8-7-20-14-18-9(2)13(19(8)14)6-17-12-5-10(15)3-4-11(12)16/h3-5,7,17H,6H2,1-2H3. The van der Waals surface area contributed by atoms with Gasteiger partial charge < -0.3 is 5.32 Å². The van der Waals surface area contributed by atoms with Gasteiger partial charge in [-0.3, -0.25) is 4.40 Å². The zero-order valence-electron chi connectivity index (χ0n) is 11.1. The van der Waals surface area contributed by atoms with Gasteiger partial charge in [0.05, 0.1) is 23.6 Å². The maximum atomic E-state index is 13.7. The summed E-state index contributed by atoms with van der Waals surface area (Å²) in [5.41, 5.74) is 3.53. The smallest absolute Gasteiger partial charge is 0.194 e. The Morgan fingerprint density at radius 2 is 2.20 bits per heavy atom. The Kier molecular flexibility index (Phi) is 3.40. The average molecular weight is 310 g/mol. The van der Waals surface area contributed by atoms with E-state index < -0.39 is 0 Å². The summed E-state index contributed by atoms with van der Waals surface area (Å²) in [6.45, 7) is 4.50. The van der Waals surface area contributed by atoms with E-state index in [1.807, 2.05) is 13.8 Å². The highest BCUT2D eigenvalue weighted by atomic mass is 35.5. The van der Waals surface area contributed by atoms with Crippen molar-refractivity contribution in [2.24, 2.45) is 0 Å². The van der Waals surface area contributed by atoms with E-state index in [-0.39, 0.29) is 5.82 Å². The molecule has 3 rings (SSSR count). The summed E-state index contributed by atoms with van der Waals surface area (Å²) in [7, 11) is 0. The highest BCUT2D eigenvalue weighted by Gasteiger charge is 2.12. The summed E-state index contributed by atoms with van der Waals surface area (Å²) in [5, 5.41) is 5.66. The molecule has 0 aliphatic heterocycles. The van der Waals surface area contributed by atoms with Gasteiger partial charge in [-0.05, 0) is 32.0 Å². The number of rotatable bonds is 3. The molecule has 2 heterocycles. The van der Waals surface area contributed by atoms with Crippen molar-refractivity contribution in [2.45, 2.75) is 20.4 Å². The van der Waals surface area contributed by atoms with Crippen molar-refractivity contribution < 1.29 is 4.39 Å². The number of imidazole rings is 1.